The van der Waals surface area contributed by atoms with Gasteiger partial charge in [0.25, 0.3) is 5.91 Å². The van der Waals surface area contributed by atoms with Crippen molar-refractivity contribution in [3.63, 3.8) is 0 Å². The van der Waals surface area contributed by atoms with Crippen LogP contribution in [0.3, 0.4) is 0 Å². The SMILES string of the molecule is CC(O)CN(C(=O)Nc1cc2c(cc1Cl)NC(=O)CO2)C(C)C. The first-order valence-electron chi connectivity index (χ1n) is 7.29. The quantitative estimate of drug-likeness (QED) is 0.783. The van der Waals surface area contributed by atoms with Gasteiger partial charge in [0.15, 0.2) is 6.61 Å². The van der Waals surface area contributed by atoms with Crippen molar-refractivity contribution < 1.29 is 19.4 Å². The van der Waals surface area contributed by atoms with Crippen LogP contribution in [-0.2, 0) is 4.79 Å². The summed E-state index contributed by atoms with van der Waals surface area (Å²) in [5, 5.41) is 15.2. The molecule has 2 rings (SSSR count). The number of anilines is 2. The highest BCUT2D eigenvalue weighted by Gasteiger charge is 2.22. The Kier molecular flexibility index (Phi) is 5.33. The van der Waals surface area contributed by atoms with E-state index in [4.69, 9.17) is 16.3 Å². The molecule has 0 fully saturated rings. The molecule has 0 saturated carbocycles. The molecule has 0 radical (unpaired) electrons. The van der Waals surface area contributed by atoms with E-state index in [1.54, 1.807) is 13.0 Å². The van der Waals surface area contributed by atoms with Gasteiger partial charge in [0, 0.05) is 18.7 Å². The fourth-order valence-electron chi connectivity index (χ4n) is 2.20. The fraction of sp³-hybridized carbons (Fsp3) is 0.467. The lowest BCUT2D eigenvalue weighted by molar-refractivity contribution is -0.118. The van der Waals surface area contributed by atoms with Gasteiger partial charge in [-0.3, -0.25) is 4.79 Å². The fourth-order valence-corrected chi connectivity index (χ4v) is 2.41. The third-order valence-electron chi connectivity index (χ3n) is 3.29. The van der Waals surface area contributed by atoms with E-state index in [-0.39, 0.29) is 36.2 Å². The number of ether oxygens (including phenoxy) is 1. The monoisotopic (exact) mass is 341 g/mol. The van der Waals surface area contributed by atoms with Crippen molar-refractivity contribution in [2.45, 2.75) is 32.9 Å². The lowest BCUT2D eigenvalue weighted by Gasteiger charge is -2.28. The highest BCUT2D eigenvalue weighted by Crippen LogP contribution is 2.36. The number of fused-ring (bicyclic) bond motifs is 1. The second-order valence-electron chi connectivity index (χ2n) is 5.69. The predicted molar refractivity (Wildman–Crippen MR) is 88.1 cm³/mol. The van der Waals surface area contributed by atoms with Crippen LogP contribution in [-0.4, -0.2) is 47.2 Å². The van der Waals surface area contributed by atoms with Crippen molar-refractivity contribution in [1.29, 1.82) is 0 Å². The zero-order valence-corrected chi connectivity index (χ0v) is 14.0. The molecule has 126 valence electrons. The zero-order valence-electron chi connectivity index (χ0n) is 13.2. The number of halogens is 1. The molecule has 1 aromatic carbocycles. The minimum Gasteiger partial charge on any atom is -0.482 e. The third kappa shape index (κ3) is 4.27. The van der Waals surface area contributed by atoms with Crippen LogP contribution in [0, 0.1) is 0 Å². The molecule has 8 heteroatoms. The molecule has 23 heavy (non-hydrogen) atoms. The Balaban J connectivity index is 2.19. The molecule has 0 aliphatic carbocycles. The molecule has 0 saturated heterocycles. The molecular formula is C15H20ClN3O4. The molecule has 1 aliphatic rings. The van der Waals surface area contributed by atoms with E-state index in [1.807, 2.05) is 13.8 Å². The normalized spacial score (nSPS) is 14.6. The van der Waals surface area contributed by atoms with Crippen molar-refractivity contribution >= 4 is 34.9 Å². The number of aliphatic hydroxyl groups excluding tert-OH is 1. The molecule has 1 aromatic rings. The molecule has 0 aromatic heterocycles. The number of rotatable bonds is 4. The van der Waals surface area contributed by atoms with Gasteiger partial charge in [-0.25, -0.2) is 4.79 Å². The van der Waals surface area contributed by atoms with E-state index in [0.29, 0.717) is 17.1 Å². The van der Waals surface area contributed by atoms with Gasteiger partial charge in [-0.2, -0.15) is 0 Å². The Morgan fingerprint density at radius 2 is 2.17 bits per heavy atom. The van der Waals surface area contributed by atoms with Crippen LogP contribution in [0.4, 0.5) is 16.2 Å². The second kappa shape index (κ2) is 7.06. The van der Waals surface area contributed by atoms with Crippen LogP contribution in [0.2, 0.25) is 5.02 Å². The van der Waals surface area contributed by atoms with Gasteiger partial charge < -0.3 is 25.4 Å². The highest BCUT2D eigenvalue weighted by atomic mass is 35.5. The second-order valence-corrected chi connectivity index (χ2v) is 6.10. The first-order chi connectivity index (χ1) is 10.8. The van der Waals surface area contributed by atoms with Crippen LogP contribution >= 0.6 is 11.6 Å². The van der Waals surface area contributed by atoms with Crippen molar-refractivity contribution in [2.75, 3.05) is 23.8 Å². The number of aliphatic hydroxyl groups is 1. The van der Waals surface area contributed by atoms with E-state index in [1.165, 1.54) is 11.0 Å². The number of amides is 3. The number of carbonyl (C=O) groups excluding carboxylic acids is 2. The van der Waals surface area contributed by atoms with Crippen LogP contribution in [0.15, 0.2) is 12.1 Å². The van der Waals surface area contributed by atoms with Gasteiger partial charge in [0.05, 0.1) is 22.5 Å². The molecule has 3 N–H and O–H groups in total. The van der Waals surface area contributed by atoms with Gasteiger partial charge in [-0.1, -0.05) is 11.6 Å². The van der Waals surface area contributed by atoms with E-state index < -0.39 is 6.10 Å². The van der Waals surface area contributed by atoms with Gasteiger partial charge >= 0.3 is 6.03 Å². The predicted octanol–water partition coefficient (Wildman–Crippen LogP) is 2.29. The Bertz CT molecular complexity index is 619. The molecular weight excluding hydrogens is 322 g/mol. The number of hydrogen-bond donors (Lipinski definition) is 3. The van der Waals surface area contributed by atoms with E-state index in [2.05, 4.69) is 10.6 Å². The van der Waals surface area contributed by atoms with Crippen LogP contribution in [0.25, 0.3) is 0 Å². The summed E-state index contributed by atoms with van der Waals surface area (Å²) in [6.07, 6.45) is -0.638. The smallest absolute Gasteiger partial charge is 0.322 e. The maximum absolute atomic E-state index is 12.4. The summed E-state index contributed by atoms with van der Waals surface area (Å²) in [5.41, 5.74) is 0.844. The Labute approximate surface area is 139 Å². The van der Waals surface area contributed by atoms with E-state index in [9.17, 15) is 14.7 Å². The summed E-state index contributed by atoms with van der Waals surface area (Å²) in [6.45, 7) is 5.45. The number of hydrogen-bond acceptors (Lipinski definition) is 4. The number of carbonyl (C=O) groups is 2. The van der Waals surface area contributed by atoms with Gasteiger partial charge in [0.1, 0.15) is 5.75 Å². The maximum Gasteiger partial charge on any atom is 0.322 e. The lowest BCUT2D eigenvalue weighted by atomic mass is 10.2. The minimum absolute atomic E-state index is 0.0812. The molecule has 1 atom stereocenters. The lowest BCUT2D eigenvalue weighted by Crippen LogP contribution is -2.43. The Morgan fingerprint density at radius 1 is 1.48 bits per heavy atom. The number of urea groups is 1. The molecule has 0 spiro atoms. The van der Waals surface area contributed by atoms with Crippen molar-refractivity contribution in [3.05, 3.63) is 17.2 Å². The number of benzene rings is 1. The maximum atomic E-state index is 12.4. The average molecular weight is 342 g/mol. The summed E-state index contributed by atoms with van der Waals surface area (Å²) in [6, 6.07) is 2.63. The molecule has 1 heterocycles. The summed E-state index contributed by atoms with van der Waals surface area (Å²) in [4.78, 5) is 25.2. The van der Waals surface area contributed by atoms with Crippen LogP contribution < -0.4 is 15.4 Å². The summed E-state index contributed by atoms with van der Waals surface area (Å²) < 4.78 is 5.31. The molecule has 0 bridgehead atoms. The summed E-state index contributed by atoms with van der Waals surface area (Å²) in [5.74, 6) is 0.184. The Morgan fingerprint density at radius 3 is 2.78 bits per heavy atom. The van der Waals surface area contributed by atoms with Crippen molar-refractivity contribution in [3.8, 4) is 5.75 Å². The minimum atomic E-state index is -0.638. The summed E-state index contributed by atoms with van der Waals surface area (Å²) in [7, 11) is 0. The molecule has 1 unspecified atom stereocenters. The Hall–Kier alpha value is -1.99. The molecule has 3 amide bonds. The van der Waals surface area contributed by atoms with Gasteiger partial charge in [-0.05, 0) is 26.8 Å². The molecule has 7 nitrogen and oxygen atoms in total. The van der Waals surface area contributed by atoms with Crippen molar-refractivity contribution in [2.24, 2.45) is 0 Å². The van der Waals surface area contributed by atoms with Gasteiger partial charge in [-0.15, -0.1) is 0 Å². The highest BCUT2D eigenvalue weighted by molar-refractivity contribution is 6.34. The van der Waals surface area contributed by atoms with Gasteiger partial charge in [0.2, 0.25) is 0 Å². The topological polar surface area (TPSA) is 90.9 Å². The average Bonchev–Trinajstić information content (AvgIpc) is 2.45. The third-order valence-corrected chi connectivity index (χ3v) is 3.60. The first-order valence-corrected chi connectivity index (χ1v) is 7.67. The zero-order chi connectivity index (χ0) is 17.1. The van der Waals surface area contributed by atoms with Crippen LogP contribution in [0.1, 0.15) is 20.8 Å². The summed E-state index contributed by atoms with van der Waals surface area (Å²) >= 11 is 6.15. The van der Waals surface area contributed by atoms with E-state index in [0.717, 1.165) is 0 Å². The standard InChI is InChI=1S/C15H20ClN3O4/c1-8(2)19(6-9(3)20)15(22)18-11-5-13-12(4-10(11)16)17-14(21)7-23-13/h4-5,8-9,20H,6-7H2,1-3H3,(H,17,21)(H,18,22). The molecule has 1 aliphatic heterocycles. The van der Waals surface area contributed by atoms with E-state index >= 15 is 0 Å². The first kappa shape index (κ1) is 17.4. The largest absolute Gasteiger partial charge is 0.482 e. The van der Waals surface area contributed by atoms with Crippen molar-refractivity contribution in [1.82, 2.24) is 4.90 Å². The number of nitrogens with zero attached hydrogens (tertiary/aromatic N) is 1. The van der Waals surface area contributed by atoms with Crippen LogP contribution in [0.5, 0.6) is 5.75 Å². The number of nitrogens with one attached hydrogen (secondary N) is 2.